The molecule has 0 heterocycles. The first-order chi connectivity index (χ1) is 10.5. The molecule has 7 atom stereocenters. The number of aldehydes is 1. The van der Waals surface area contributed by atoms with Crippen molar-refractivity contribution in [2.45, 2.75) is 49.7 Å². The zero-order valence-corrected chi connectivity index (χ0v) is 12.4. The Morgan fingerprint density at radius 3 is 1.70 bits per heavy atom. The average molecular weight is 344 g/mol. The lowest BCUT2D eigenvalue weighted by atomic mass is 10.1. The van der Waals surface area contributed by atoms with E-state index in [1.807, 2.05) is 0 Å². The highest BCUT2D eigenvalue weighted by Crippen LogP contribution is 2.02. The first-order valence-corrected chi connectivity index (χ1v) is 6.51. The number of aliphatic hydroxyl groups is 9. The van der Waals surface area contributed by atoms with Gasteiger partial charge in [-0.1, -0.05) is 0 Å². The Hall–Kier alpha value is -1.02. The molecule has 0 aromatic carbocycles. The monoisotopic (exact) mass is 344 g/mol. The Morgan fingerprint density at radius 2 is 1.39 bits per heavy atom. The van der Waals surface area contributed by atoms with E-state index < -0.39 is 61.7 Å². The number of ketones is 1. The predicted octanol–water partition coefficient (Wildman–Crippen LogP) is -5.73. The summed E-state index contributed by atoms with van der Waals surface area (Å²) in [5.41, 5.74) is 0. The van der Waals surface area contributed by atoms with Gasteiger partial charge < -0.3 is 50.8 Å². The van der Waals surface area contributed by atoms with Crippen LogP contribution < -0.4 is 0 Å². The lowest BCUT2D eigenvalue weighted by Crippen LogP contribution is -2.44. The van der Waals surface area contributed by atoms with Crippen LogP contribution in [0, 0.1) is 0 Å². The molecule has 11 heteroatoms. The number of Topliss-reactive ketones (excluding diaryl/α,β-unsaturated/α-hetero) is 1. The minimum Gasteiger partial charge on any atom is -0.394 e. The van der Waals surface area contributed by atoms with Crippen LogP contribution in [0.15, 0.2) is 0 Å². The maximum Gasteiger partial charge on any atom is 0.189 e. The highest BCUT2D eigenvalue weighted by molar-refractivity contribution is 5.84. The van der Waals surface area contributed by atoms with E-state index in [1.54, 1.807) is 0 Å². The normalized spacial score (nSPS) is 20.1. The average Bonchev–Trinajstić information content (AvgIpc) is 2.56. The predicted molar refractivity (Wildman–Crippen MR) is 73.0 cm³/mol. The summed E-state index contributed by atoms with van der Waals surface area (Å²) in [5.74, 6) is -1.00. The largest absolute Gasteiger partial charge is 0.394 e. The van der Waals surface area contributed by atoms with Crippen LogP contribution in [0.2, 0.25) is 0 Å². The SMILES string of the molecule is C[C@H](O)[C@H](O)[C@@H](O)[C@@H](O)C=O.O=C(CO)[C@@H](O)[C@H](O)[C@H](O)CO. The second-order valence-electron chi connectivity index (χ2n) is 4.66. The molecule has 0 aromatic rings. The molecule has 23 heavy (non-hydrogen) atoms. The van der Waals surface area contributed by atoms with Gasteiger partial charge in [0.25, 0.3) is 0 Å². The summed E-state index contributed by atoms with van der Waals surface area (Å²) in [4.78, 5) is 20.4. The number of rotatable bonds is 9. The molecule has 0 unspecified atom stereocenters. The van der Waals surface area contributed by atoms with Crippen molar-refractivity contribution in [2.24, 2.45) is 0 Å². The summed E-state index contributed by atoms with van der Waals surface area (Å²) in [5, 5.41) is 78.2. The fourth-order valence-electron chi connectivity index (χ4n) is 1.17. The number of hydrogen-bond donors (Lipinski definition) is 9. The van der Waals surface area contributed by atoms with Crippen LogP contribution in [0.3, 0.4) is 0 Å². The third kappa shape index (κ3) is 9.00. The Bertz CT molecular complexity index is 335. The quantitative estimate of drug-likeness (QED) is 0.179. The minimum absolute atomic E-state index is 0.0935. The van der Waals surface area contributed by atoms with Crippen molar-refractivity contribution in [1.82, 2.24) is 0 Å². The van der Waals surface area contributed by atoms with Crippen molar-refractivity contribution in [3.63, 3.8) is 0 Å². The van der Waals surface area contributed by atoms with E-state index in [0.29, 0.717) is 0 Å². The van der Waals surface area contributed by atoms with Gasteiger partial charge >= 0.3 is 0 Å². The Kier molecular flexibility index (Phi) is 13.1. The van der Waals surface area contributed by atoms with Crippen LogP contribution >= 0.6 is 0 Å². The Labute approximate surface area is 131 Å². The van der Waals surface area contributed by atoms with Crippen LogP contribution in [-0.4, -0.2) is 114 Å². The molecular weight excluding hydrogens is 320 g/mol. The molecule has 0 aliphatic heterocycles. The Morgan fingerprint density at radius 1 is 0.913 bits per heavy atom. The smallest absolute Gasteiger partial charge is 0.189 e. The molecule has 0 fully saturated rings. The van der Waals surface area contributed by atoms with Crippen LogP contribution in [0.25, 0.3) is 0 Å². The van der Waals surface area contributed by atoms with E-state index in [4.69, 9.17) is 46.0 Å². The van der Waals surface area contributed by atoms with Crippen molar-refractivity contribution in [1.29, 1.82) is 0 Å². The van der Waals surface area contributed by atoms with Crippen molar-refractivity contribution in [3.8, 4) is 0 Å². The van der Waals surface area contributed by atoms with Gasteiger partial charge in [0.2, 0.25) is 0 Å². The van der Waals surface area contributed by atoms with Crippen molar-refractivity contribution < 1.29 is 55.5 Å². The topological polar surface area (TPSA) is 216 Å². The van der Waals surface area contributed by atoms with Crippen molar-refractivity contribution in [3.05, 3.63) is 0 Å². The van der Waals surface area contributed by atoms with Crippen molar-refractivity contribution in [2.75, 3.05) is 13.2 Å². The molecule has 0 aliphatic rings. The van der Waals surface area contributed by atoms with E-state index in [2.05, 4.69) is 0 Å². The Balaban J connectivity index is 0. The zero-order chi connectivity index (χ0) is 18.7. The van der Waals surface area contributed by atoms with E-state index in [0.717, 1.165) is 0 Å². The number of carbonyl (C=O) groups is 2. The van der Waals surface area contributed by atoms with Crippen LogP contribution in [0.5, 0.6) is 0 Å². The molecule has 0 saturated heterocycles. The van der Waals surface area contributed by atoms with Crippen molar-refractivity contribution >= 4 is 12.1 Å². The van der Waals surface area contributed by atoms with Gasteiger partial charge in [-0.15, -0.1) is 0 Å². The molecule has 138 valence electrons. The summed E-state index contributed by atoms with van der Waals surface area (Å²) in [6, 6.07) is 0. The van der Waals surface area contributed by atoms with Crippen LogP contribution in [-0.2, 0) is 9.59 Å². The highest BCUT2D eigenvalue weighted by atomic mass is 16.4. The second kappa shape index (κ2) is 12.4. The maximum absolute atomic E-state index is 10.5. The van der Waals surface area contributed by atoms with Gasteiger partial charge in [-0.3, -0.25) is 4.79 Å². The third-order valence-corrected chi connectivity index (χ3v) is 2.72. The van der Waals surface area contributed by atoms with Gasteiger partial charge in [-0.2, -0.15) is 0 Å². The molecule has 11 nitrogen and oxygen atoms in total. The molecule has 0 aliphatic carbocycles. The third-order valence-electron chi connectivity index (χ3n) is 2.72. The lowest BCUT2D eigenvalue weighted by molar-refractivity contribution is -0.142. The summed E-state index contributed by atoms with van der Waals surface area (Å²) in [7, 11) is 0. The standard InChI is InChI=1S/C6H12O6.C6H12O5/c7-1-3(9)5(11)6(12)4(10)2-8;1-3(8)5(10)6(11)4(9)2-7/h3,5-9,11-12H,1-2H2;2-6,8-11H,1H3/t3-,5-,6-;3-,4-,5-,6-/m10/s1. The van der Waals surface area contributed by atoms with Gasteiger partial charge in [0, 0.05) is 0 Å². The maximum atomic E-state index is 10.5. The molecule has 0 amide bonds. The zero-order valence-electron chi connectivity index (χ0n) is 12.4. The van der Waals surface area contributed by atoms with Crippen LogP contribution in [0.1, 0.15) is 6.92 Å². The van der Waals surface area contributed by atoms with Gasteiger partial charge in [0.1, 0.15) is 43.2 Å². The summed E-state index contributed by atoms with van der Waals surface area (Å²) >= 11 is 0. The van der Waals surface area contributed by atoms with E-state index in [-0.39, 0.29) is 6.29 Å². The van der Waals surface area contributed by atoms with Gasteiger partial charge in [-0.05, 0) is 6.92 Å². The molecule has 0 saturated carbocycles. The number of carbonyl (C=O) groups excluding carboxylic acids is 2. The summed E-state index contributed by atoms with van der Waals surface area (Å²) in [6.45, 7) is -0.446. The minimum atomic E-state index is -1.86. The summed E-state index contributed by atoms with van der Waals surface area (Å²) in [6.07, 6.45) is -11.1. The van der Waals surface area contributed by atoms with Gasteiger partial charge in [-0.25, -0.2) is 0 Å². The van der Waals surface area contributed by atoms with Gasteiger partial charge in [0.15, 0.2) is 12.1 Å². The molecule has 0 bridgehead atoms. The molecule has 0 rings (SSSR count). The highest BCUT2D eigenvalue weighted by Gasteiger charge is 2.29. The number of hydrogen-bond acceptors (Lipinski definition) is 11. The van der Waals surface area contributed by atoms with Crippen LogP contribution in [0.4, 0.5) is 0 Å². The van der Waals surface area contributed by atoms with E-state index in [1.165, 1.54) is 6.92 Å². The molecule has 0 aromatic heterocycles. The molecular formula is C12H24O11. The lowest BCUT2D eigenvalue weighted by Gasteiger charge is -2.21. The summed E-state index contributed by atoms with van der Waals surface area (Å²) < 4.78 is 0. The number of aliphatic hydroxyl groups excluding tert-OH is 9. The fraction of sp³-hybridized carbons (Fsp3) is 0.833. The molecule has 9 N–H and O–H groups in total. The van der Waals surface area contributed by atoms with E-state index in [9.17, 15) is 9.59 Å². The fourth-order valence-corrected chi connectivity index (χ4v) is 1.17. The molecule has 0 radical (unpaired) electrons. The first-order valence-electron chi connectivity index (χ1n) is 6.51. The van der Waals surface area contributed by atoms with E-state index >= 15 is 0 Å². The second-order valence-corrected chi connectivity index (χ2v) is 4.66. The molecule has 0 spiro atoms. The first kappa shape index (κ1) is 24.2. The van der Waals surface area contributed by atoms with Gasteiger partial charge in [0.05, 0.1) is 12.7 Å².